The molecule has 0 aliphatic carbocycles. The van der Waals surface area contributed by atoms with E-state index in [0.29, 0.717) is 13.0 Å². The molecule has 0 saturated carbocycles. The number of unbranched alkanes of at least 4 members (excludes halogenated alkanes) is 2. The molecule has 0 saturated heterocycles. The van der Waals surface area contributed by atoms with Crippen LogP contribution in [0.15, 0.2) is 48.5 Å². The number of rotatable bonds is 13. The molecule has 2 rings (SSSR count). The summed E-state index contributed by atoms with van der Waals surface area (Å²) in [5.41, 5.74) is 4.09. The molecule has 192 valence electrons. The van der Waals surface area contributed by atoms with E-state index in [4.69, 9.17) is 0 Å². The van der Waals surface area contributed by atoms with Crippen LogP contribution in [0.1, 0.15) is 87.9 Å². The highest BCUT2D eigenvalue weighted by atomic mass is 16.2. The van der Waals surface area contributed by atoms with Crippen LogP contribution in [0.25, 0.3) is 0 Å². The molecule has 1 unspecified atom stereocenters. The molecule has 0 spiro atoms. The maximum Gasteiger partial charge on any atom is 0.319 e. The second-order valence-electron chi connectivity index (χ2n) is 10.1. The first-order valence-electron chi connectivity index (χ1n) is 12.9. The predicted molar refractivity (Wildman–Crippen MR) is 146 cm³/mol. The minimum Gasteiger partial charge on any atom is -0.348 e. The van der Waals surface area contributed by atoms with Crippen molar-refractivity contribution in [2.24, 2.45) is 0 Å². The maximum absolute atomic E-state index is 12.9. The summed E-state index contributed by atoms with van der Waals surface area (Å²) in [6.07, 6.45) is 3.46. The number of carbonyl (C=O) groups excluding carboxylic acids is 2. The van der Waals surface area contributed by atoms with Crippen LogP contribution in [0.2, 0.25) is 0 Å². The third-order valence-electron chi connectivity index (χ3n) is 6.12. The second-order valence-corrected chi connectivity index (χ2v) is 10.1. The third-order valence-corrected chi connectivity index (χ3v) is 6.12. The lowest BCUT2D eigenvalue weighted by atomic mass is 9.93. The van der Waals surface area contributed by atoms with Gasteiger partial charge in [-0.3, -0.25) is 4.79 Å². The van der Waals surface area contributed by atoms with Gasteiger partial charge in [0.15, 0.2) is 0 Å². The molecule has 2 aromatic rings. The van der Waals surface area contributed by atoms with Gasteiger partial charge in [-0.15, -0.1) is 0 Å². The Morgan fingerprint density at radius 3 is 2.03 bits per heavy atom. The number of para-hydroxylation sites is 1. The molecular weight excluding hydrogens is 436 g/mol. The summed E-state index contributed by atoms with van der Waals surface area (Å²) >= 11 is 0. The Bertz CT molecular complexity index is 899. The number of nitrogens with zero attached hydrogens (tertiary/aromatic N) is 1. The second kappa shape index (κ2) is 14.5. The van der Waals surface area contributed by atoms with E-state index in [0.717, 1.165) is 48.2 Å². The van der Waals surface area contributed by atoms with Crippen LogP contribution in [-0.2, 0) is 4.79 Å². The summed E-state index contributed by atoms with van der Waals surface area (Å²) in [7, 11) is 4.12. The third kappa shape index (κ3) is 9.73. The number of carbonyl (C=O) groups is 2. The first-order valence-corrected chi connectivity index (χ1v) is 12.9. The van der Waals surface area contributed by atoms with E-state index in [9.17, 15) is 9.59 Å². The maximum atomic E-state index is 12.9. The molecule has 0 aromatic heterocycles. The summed E-state index contributed by atoms with van der Waals surface area (Å²) < 4.78 is 0. The van der Waals surface area contributed by atoms with Crippen molar-refractivity contribution in [1.82, 2.24) is 15.5 Å². The van der Waals surface area contributed by atoms with Crippen LogP contribution < -0.4 is 16.0 Å². The molecule has 35 heavy (non-hydrogen) atoms. The van der Waals surface area contributed by atoms with Gasteiger partial charge in [0, 0.05) is 18.7 Å². The molecule has 0 fully saturated rings. The highest BCUT2D eigenvalue weighted by Gasteiger charge is 2.18. The van der Waals surface area contributed by atoms with Gasteiger partial charge in [0.25, 0.3) is 0 Å². The molecule has 0 aliphatic rings. The van der Waals surface area contributed by atoms with Crippen LogP contribution in [0, 0.1) is 0 Å². The molecule has 0 radical (unpaired) electrons. The van der Waals surface area contributed by atoms with Gasteiger partial charge in [-0.05, 0) is 62.0 Å². The van der Waals surface area contributed by atoms with Gasteiger partial charge >= 0.3 is 6.03 Å². The Labute approximate surface area is 211 Å². The summed E-state index contributed by atoms with van der Waals surface area (Å²) in [6, 6.07) is 15.4. The average molecular weight is 481 g/mol. The molecular formula is C29H44N4O2. The van der Waals surface area contributed by atoms with Gasteiger partial charge in [0.1, 0.15) is 0 Å². The zero-order valence-electron chi connectivity index (χ0n) is 22.4. The first-order chi connectivity index (χ1) is 16.7. The Morgan fingerprint density at radius 1 is 0.829 bits per heavy atom. The summed E-state index contributed by atoms with van der Waals surface area (Å²) in [6.45, 7) is 9.86. The summed E-state index contributed by atoms with van der Waals surface area (Å²) in [4.78, 5) is 27.8. The molecule has 2 aromatic carbocycles. The number of urea groups is 1. The van der Waals surface area contributed by atoms with Gasteiger partial charge in [-0.1, -0.05) is 82.6 Å². The first kappa shape index (κ1) is 28.4. The quantitative estimate of drug-likeness (QED) is 0.306. The lowest BCUT2D eigenvalue weighted by molar-refractivity contribution is -0.121. The zero-order valence-corrected chi connectivity index (χ0v) is 22.4. The Kier molecular flexibility index (Phi) is 11.8. The molecule has 3 N–H and O–H groups in total. The normalized spacial score (nSPS) is 12.1. The highest BCUT2D eigenvalue weighted by molar-refractivity contribution is 5.91. The zero-order chi connectivity index (χ0) is 25.8. The molecule has 0 heterocycles. The largest absolute Gasteiger partial charge is 0.348 e. The van der Waals surface area contributed by atoms with E-state index in [1.54, 1.807) is 0 Å². The van der Waals surface area contributed by atoms with Crippen molar-refractivity contribution in [3.8, 4) is 0 Å². The van der Waals surface area contributed by atoms with Crippen molar-refractivity contribution in [2.75, 3.05) is 32.5 Å². The van der Waals surface area contributed by atoms with Crippen LogP contribution in [0.3, 0.4) is 0 Å². The number of nitrogens with one attached hydrogen (secondary N) is 3. The van der Waals surface area contributed by atoms with E-state index < -0.39 is 0 Å². The van der Waals surface area contributed by atoms with E-state index in [2.05, 4.69) is 80.8 Å². The Hall–Kier alpha value is -2.86. The van der Waals surface area contributed by atoms with Crippen LogP contribution in [0.5, 0.6) is 0 Å². The van der Waals surface area contributed by atoms with Crippen LogP contribution in [-0.4, -0.2) is 44.0 Å². The van der Waals surface area contributed by atoms with Crippen molar-refractivity contribution < 1.29 is 9.59 Å². The van der Waals surface area contributed by atoms with Crippen molar-refractivity contribution >= 4 is 17.6 Å². The van der Waals surface area contributed by atoms with Crippen molar-refractivity contribution in [3.05, 3.63) is 65.2 Å². The number of hydrogen-bond acceptors (Lipinski definition) is 3. The molecule has 6 nitrogen and oxygen atoms in total. The monoisotopic (exact) mass is 480 g/mol. The number of anilines is 1. The number of amides is 3. The lowest BCUT2D eigenvalue weighted by Crippen LogP contribution is -2.39. The SMILES string of the molecule is CC(C)c1cccc(C(C)C)c1NC(=O)NCC(NC(=O)CCCCCN(C)C)c1ccccc1. The van der Waals surface area contributed by atoms with Crippen LogP contribution >= 0.6 is 0 Å². The topological polar surface area (TPSA) is 73.5 Å². The van der Waals surface area contributed by atoms with Gasteiger partial charge in [0.2, 0.25) is 5.91 Å². The lowest BCUT2D eigenvalue weighted by Gasteiger charge is -2.22. The average Bonchev–Trinajstić information content (AvgIpc) is 2.81. The summed E-state index contributed by atoms with van der Waals surface area (Å²) in [5.74, 6) is 0.592. The molecule has 6 heteroatoms. The van der Waals surface area contributed by atoms with E-state index >= 15 is 0 Å². The fourth-order valence-electron chi connectivity index (χ4n) is 4.14. The minimum absolute atomic E-state index is 0.0122. The smallest absolute Gasteiger partial charge is 0.319 e. The fraction of sp³-hybridized carbons (Fsp3) is 0.517. The standard InChI is InChI=1S/C29H44N4O2/c1-21(2)24-16-13-17-25(22(3)4)28(24)32-29(35)30-20-26(23-14-9-7-10-15-23)31-27(34)18-11-8-12-19-33(5)6/h7,9-10,13-17,21-22,26H,8,11-12,18-20H2,1-6H3,(H,31,34)(H2,30,32,35). The van der Waals surface area contributed by atoms with Gasteiger partial charge in [-0.2, -0.15) is 0 Å². The van der Waals surface area contributed by atoms with E-state index in [1.165, 1.54) is 0 Å². The highest BCUT2D eigenvalue weighted by Crippen LogP contribution is 2.32. The Morgan fingerprint density at radius 2 is 1.46 bits per heavy atom. The fourth-order valence-corrected chi connectivity index (χ4v) is 4.14. The van der Waals surface area contributed by atoms with Gasteiger partial charge < -0.3 is 20.9 Å². The van der Waals surface area contributed by atoms with E-state index in [1.807, 2.05) is 30.3 Å². The van der Waals surface area contributed by atoms with E-state index in [-0.39, 0.29) is 29.8 Å². The number of hydrogen-bond donors (Lipinski definition) is 3. The van der Waals surface area contributed by atoms with Crippen LogP contribution in [0.4, 0.5) is 10.5 Å². The summed E-state index contributed by atoms with van der Waals surface area (Å²) in [5, 5.41) is 9.20. The van der Waals surface area contributed by atoms with Gasteiger partial charge in [0.05, 0.1) is 6.04 Å². The van der Waals surface area contributed by atoms with Crippen molar-refractivity contribution in [1.29, 1.82) is 0 Å². The molecule has 1 atom stereocenters. The van der Waals surface area contributed by atoms with Crippen molar-refractivity contribution in [2.45, 2.75) is 71.3 Å². The van der Waals surface area contributed by atoms with Gasteiger partial charge in [-0.25, -0.2) is 4.79 Å². The Balaban J connectivity index is 2.02. The number of benzene rings is 2. The molecule has 0 bridgehead atoms. The minimum atomic E-state index is -0.291. The molecule has 3 amide bonds. The molecule has 0 aliphatic heterocycles. The van der Waals surface area contributed by atoms with Crippen molar-refractivity contribution in [3.63, 3.8) is 0 Å². The predicted octanol–water partition coefficient (Wildman–Crippen LogP) is 6.03.